The number of nitro benzene ring substituents is 1. The summed E-state index contributed by atoms with van der Waals surface area (Å²) in [7, 11) is 1.41. The van der Waals surface area contributed by atoms with Crippen LogP contribution in [0, 0.1) is 15.9 Å². The third-order valence-corrected chi connectivity index (χ3v) is 6.45. The van der Waals surface area contributed by atoms with Gasteiger partial charge in [0.05, 0.1) is 29.8 Å². The summed E-state index contributed by atoms with van der Waals surface area (Å²) in [5.74, 6) is -1.10. The van der Waals surface area contributed by atoms with Gasteiger partial charge in [0.25, 0.3) is 5.69 Å². The SMILES string of the molecule is CCC(=O)COC(=O)CCN(CC)c1cc(NC=O)c(/N=N/c2cc(F)c(Cc3ccccc3)cc2[N+](=O)[O-])cc1OC. The number of nitrogens with one attached hydrogen (secondary N) is 1. The molecule has 0 heterocycles. The molecule has 0 fully saturated rings. The molecule has 43 heavy (non-hydrogen) atoms. The Hall–Kier alpha value is -5.20. The Balaban J connectivity index is 1.91. The van der Waals surface area contributed by atoms with Gasteiger partial charge in [0, 0.05) is 44.1 Å². The highest BCUT2D eigenvalue weighted by atomic mass is 19.1. The number of esters is 1. The molecule has 0 saturated heterocycles. The molecule has 13 heteroatoms. The highest BCUT2D eigenvalue weighted by Gasteiger charge is 2.21. The zero-order valence-electron chi connectivity index (χ0n) is 24.0. The number of nitro groups is 1. The number of rotatable bonds is 16. The van der Waals surface area contributed by atoms with Crippen molar-refractivity contribution in [2.24, 2.45) is 10.2 Å². The lowest BCUT2D eigenvalue weighted by Gasteiger charge is -2.25. The molecule has 12 nitrogen and oxygen atoms in total. The summed E-state index contributed by atoms with van der Waals surface area (Å²) in [6.45, 7) is 3.91. The van der Waals surface area contributed by atoms with Crippen molar-refractivity contribution in [2.75, 3.05) is 37.0 Å². The van der Waals surface area contributed by atoms with Crippen molar-refractivity contribution in [2.45, 2.75) is 33.1 Å². The van der Waals surface area contributed by atoms with E-state index in [4.69, 9.17) is 9.47 Å². The number of hydrogen-bond acceptors (Lipinski definition) is 10. The van der Waals surface area contributed by atoms with Crippen LogP contribution >= 0.6 is 0 Å². The van der Waals surface area contributed by atoms with Crippen LogP contribution in [-0.2, 0) is 25.5 Å². The summed E-state index contributed by atoms with van der Waals surface area (Å²) in [6.07, 6.45) is 0.827. The molecule has 3 rings (SSSR count). The Labute approximate surface area is 247 Å². The van der Waals surface area contributed by atoms with E-state index >= 15 is 0 Å². The molecule has 3 aromatic carbocycles. The predicted molar refractivity (Wildman–Crippen MR) is 158 cm³/mol. The number of anilines is 2. The first-order chi connectivity index (χ1) is 20.7. The van der Waals surface area contributed by atoms with Gasteiger partial charge in [0.1, 0.15) is 23.9 Å². The monoisotopic (exact) mass is 593 g/mol. The van der Waals surface area contributed by atoms with Gasteiger partial charge in [-0.05, 0) is 24.1 Å². The second-order valence-electron chi connectivity index (χ2n) is 9.24. The zero-order valence-corrected chi connectivity index (χ0v) is 24.0. The molecule has 0 spiro atoms. The van der Waals surface area contributed by atoms with Crippen LogP contribution in [0.4, 0.5) is 32.8 Å². The van der Waals surface area contributed by atoms with E-state index in [1.165, 1.54) is 13.2 Å². The molecule has 3 aromatic rings. The number of amides is 1. The van der Waals surface area contributed by atoms with E-state index in [0.29, 0.717) is 24.4 Å². The molecular weight excluding hydrogens is 561 g/mol. The van der Waals surface area contributed by atoms with Gasteiger partial charge in [-0.3, -0.25) is 24.5 Å². The first kappa shape index (κ1) is 32.3. The number of Topliss-reactive ketones (excluding diaryl/α,β-unsaturated/α-hetero) is 1. The summed E-state index contributed by atoms with van der Waals surface area (Å²) in [5, 5.41) is 22.4. The second kappa shape index (κ2) is 15.7. The fraction of sp³-hybridized carbons (Fsp3) is 0.300. The highest BCUT2D eigenvalue weighted by molar-refractivity contribution is 5.85. The van der Waals surface area contributed by atoms with Crippen LogP contribution in [0.2, 0.25) is 0 Å². The zero-order chi connectivity index (χ0) is 31.4. The fourth-order valence-corrected chi connectivity index (χ4v) is 4.12. The smallest absolute Gasteiger partial charge is 0.308 e. The Morgan fingerprint density at radius 3 is 2.44 bits per heavy atom. The molecule has 0 aliphatic rings. The molecule has 0 aromatic heterocycles. The number of benzene rings is 3. The Kier molecular flexibility index (Phi) is 11.8. The summed E-state index contributed by atoms with van der Waals surface area (Å²) in [5.41, 5.74) is 0.951. The maximum absolute atomic E-state index is 15.0. The second-order valence-corrected chi connectivity index (χ2v) is 9.24. The van der Waals surface area contributed by atoms with E-state index in [1.54, 1.807) is 42.2 Å². The molecular formula is C30H32FN5O7. The van der Waals surface area contributed by atoms with Gasteiger partial charge in [-0.2, -0.15) is 0 Å². The number of azo groups is 1. The molecule has 0 atom stereocenters. The van der Waals surface area contributed by atoms with Crippen LogP contribution in [0.1, 0.15) is 37.8 Å². The topological polar surface area (TPSA) is 153 Å². The predicted octanol–water partition coefficient (Wildman–Crippen LogP) is 6.06. The van der Waals surface area contributed by atoms with Gasteiger partial charge in [-0.25, -0.2) is 4.39 Å². The van der Waals surface area contributed by atoms with Crippen LogP contribution in [-0.4, -0.2) is 49.9 Å². The van der Waals surface area contributed by atoms with Gasteiger partial charge in [0.15, 0.2) is 11.5 Å². The van der Waals surface area contributed by atoms with E-state index < -0.39 is 22.4 Å². The summed E-state index contributed by atoms with van der Waals surface area (Å²) < 4.78 is 25.5. The summed E-state index contributed by atoms with van der Waals surface area (Å²) >= 11 is 0. The first-order valence-electron chi connectivity index (χ1n) is 13.5. The van der Waals surface area contributed by atoms with Crippen LogP contribution in [0.5, 0.6) is 5.75 Å². The van der Waals surface area contributed by atoms with Crippen molar-refractivity contribution in [1.29, 1.82) is 0 Å². The van der Waals surface area contributed by atoms with E-state index in [-0.39, 0.29) is 60.8 Å². The molecule has 0 aliphatic carbocycles. The maximum atomic E-state index is 15.0. The van der Waals surface area contributed by atoms with E-state index in [0.717, 1.165) is 17.7 Å². The Morgan fingerprint density at radius 1 is 1.09 bits per heavy atom. The fourth-order valence-electron chi connectivity index (χ4n) is 4.12. The molecule has 0 bridgehead atoms. The minimum absolute atomic E-state index is 0.0125. The average molecular weight is 594 g/mol. The lowest BCUT2D eigenvalue weighted by molar-refractivity contribution is -0.384. The van der Waals surface area contributed by atoms with Crippen molar-refractivity contribution in [3.05, 3.63) is 81.7 Å². The number of halogens is 1. The van der Waals surface area contributed by atoms with Crippen molar-refractivity contribution in [1.82, 2.24) is 0 Å². The van der Waals surface area contributed by atoms with Gasteiger partial charge in [-0.15, -0.1) is 10.2 Å². The number of carbonyl (C=O) groups is 3. The van der Waals surface area contributed by atoms with E-state index in [9.17, 15) is 28.9 Å². The molecule has 0 aliphatic heterocycles. The molecule has 0 saturated carbocycles. The molecule has 226 valence electrons. The highest BCUT2D eigenvalue weighted by Crippen LogP contribution is 2.40. The van der Waals surface area contributed by atoms with Crippen LogP contribution in [0.25, 0.3) is 0 Å². The standard InChI is InChI=1S/C30H32FN5O7/c1-4-22(38)18-43-30(39)11-12-35(5-2)28-16-24(32-19-37)25(17-29(28)42-3)33-34-26-15-23(31)21(14-27(26)36(40)41)13-20-9-7-6-8-10-20/h6-10,14-17,19H,4-5,11-13,18H2,1-3H3,(H,32,37)/b34-33+. The van der Waals surface area contributed by atoms with Crippen molar-refractivity contribution >= 4 is 46.6 Å². The molecule has 1 N–H and O–H groups in total. The summed E-state index contributed by atoms with van der Waals surface area (Å²) in [4.78, 5) is 47.9. The molecule has 1 amide bonds. The van der Waals surface area contributed by atoms with Crippen LogP contribution in [0.3, 0.4) is 0 Å². The van der Waals surface area contributed by atoms with Crippen molar-refractivity contribution in [3.8, 4) is 5.75 Å². The van der Waals surface area contributed by atoms with E-state index in [2.05, 4.69) is 15.5 Å². The largest absolute Gasteiger partial charge is 0.494 e. The van der Waals surface area contributed by atoms with Crippen LogP contribution in [0.15, 0.2) is 64.8 Å². The third kappa shape index (κ3) is 8.89. The lowest BCUT2D eigenvalue weighted by atomic mass is 10.0. The number of hydrogen-bond donors (Lipinski definition) is 1. The number of ether oxygens (including phenoxy) is 2. The summed E-state index contributed by atoms with van der Waals surface area (Å²) in [6, 6.07) is 14.1. The molecule has 0 radical (unpaired) electrons. The Morgan fingerprint density at radius 2 is 1.81 bits per heavy atom. The minimum Gasteiger partial charge on any atom is -0.494 e. The minimum atomic E-state index is -0.682. The van der Waals surface area contributed by atoms with Gasteiger partial charge < -0.3 is 19.7 Å². The van der Waals surface area contributed by atoms with Crippen molar-refractivity contribution < 1.29 is 33.2 Å². The van der Waals surface area contributed by atoms with E-state index in [1.807, 2.05) is 13.0 Å². The average Bonchev–Trinajstić information content (AvgIpc) is 3.01. The number of ketones is 1. The normalized spacial score (nSPS) is 10.8. The van der Waals surface area contributed by atoms with Gasteiger partial charge >= 0.3 is 5.97 Å². The number of nitrogens with zero attached hydrogens (tertiary/aromatic N) is 4. The van der Waals surface area contributed by atoms with Crippen LogP contribution < -0.4 is 15.0 Å². The first-order valence-corrected chi connectivity index (χ1v) is 13.5. The maximum Gasteiger partial charge on any atom is 0.308 e. The van der Waals surface area contributed by atoms with Crippen molar-refractivity contribution in [3.63, 3.8) is 0 Å². The quantitative estimate of drug-likeness (QED) is 0.0692. The Bertz CT molecular complexity index is 1500. The molecule has 0 unspecified atom stereocenters. The third-order valence-electron chi connectivity index (χ3n) is 6.45. The lowest BCUT2D eigenvalue weighted by Crippen LogP contribution is -2.27. The number of carbonyl (C=O) groups excluding carboxylic acids is 3. The van der Waals surface area contributed by atoms with Gasteiger partial charge in [-0.1, -0.05) is 37.3 Å². The number of methoxy groups -OCH3 is 1. The van der Waals surface area contributed by atoms with Gasteiger partial charge in [0.2, 0.25) is 6.41 Å².